The van der Waals surface area contributed by atoms with E-state index in [2.05, 4.69) is 33.2 Å². The van der Waals surface area contributed by atoms with E-state index in [9.17, 15) is 14.0 Å². The van der Waals surface area contributed by atoms with Gasteiger partial charge in [-0.3, -0.25) is 9.59 Å². The van der Waals surface area contributed by atoms with Crippen LogP contribution in [0.3, 0.4) is 0 Å². The maximum atomic E-state index is 13.6. The van der Waals surface area contributed by atoms with Crippen molar-refractivity contribution in [2.75, 3.05) is 6.54 Å². The molecular formula is C19H21FIN3O2. The monoisotopic (exact) mass is 469 g/mol. The normalized spacial score (nSPS) is 17.4. The lowest BCUT2D eigenvalue weighted by molar-refractivity contribution is -0.122. The molecule has 5 nitrogen and oxygen atoms in total. The quantitative estimate of drug-likeness (QED) is 0.659. The van der Waals surface area contributed by atoms with E-state index in [0.717, 1.165) is 15.7 Å². The van der Waals surface area contributed by atoms with Gasteiger partial charge in [-0.25, -0.2) is 4.39 Å². The molecule has 0 saturated heterocycles. The van der Waals surface area contributed by atoms with Gasteiger partial charge in [0.05, 0.1) is 9.74 Å². The molecule has 2 aromatic rings. The molecule has 26 heavy (non-hydrogen) atoms. The predicted molar refractivity (Wildman–Crippen MR) is 106 cm³/mol. The highest BCUT2D eigenvalue weighted by molar-refractivity contribution is 14.1. The van der Waals surface area contributed by atoms with Crippen LogP contribution in [-0.4, -0.2) is 29.0 Å². The maximum Gasteiger partial charge on any atom is 0.268 e. The highest BCUT2D eigenvalue weighted by atomic mass is 127. The molecule has 1 aliphatic heterocycles. The SMILES string of the molecule is CC[C@H](C)NC(=O)C[C@@H]1CNC(=O)c2cc(-c3cccc(F)c3)c(I)n21. The Morgan fingerprint density at radius 2 is 2.23 bits per heavy atom. The van der Waals surface area contributed by atoms with E-state index < -0.39 is 0 Å². The van der Waals surface area contributed by atoms with Gasteiger partial charge in [0, 0.05) is 24.6 Å². The third kappa shape index (κ3) is 3.77. The fourth-order valence-corrected chi connectivity index (χ4v) is 4.22. The Hall–Kier alpha value is -1.90. The van der Waals surface area contributed by atoms with Crippen LogP contribution in [0.25, 0.3) is 11.1 Å². The number of carbonyl (C=O) groups is 2. The molecule has 1 aromatic heterocycles. The lowest BCUT2D eigenvalue weighted by Crippen LogP contribution is -2.42. The molecule has 1 aromatic carbocycles. The van der Waals surface area contributed by atoms with Gasteiger partial charge in [0.25, 0.3) is 5.91 Å². The zero-order valence-electron chi connectivity index (χ0n) is 14.7. The second kappa shape index (κ2) is 7.77. The third-order valence-corrected chi connectivity index (χ3v) is 5.75. The van der Waals surface area contributed by atoms with Gasteiger partial charge < -0.3 is 15.2 Å². The van der Waals surface area contributed by atoms with Gasteiger partial charge in [0.1, 0.15) is 11.5 Å². The van der Waals surface area contributed by atoms with E-state index in [0.29, 0.717) is 17.8 Å². The molecule has 0 unspecified atom stereocenters. The molecule has 0 spiro atoms. The van der Waals surface area contributed by atoms with Crippen molar-refractivity contribution < 1.29 is 14.0 Å². The minimum atomic E-state index is -0.323. The van der Waals surface area contributed by atoms with Crippen LogP contribution in [0.1, 0.15) is 43.2 Å². The molecule has 1 aliphatic rings. The van der Waals surface area contributed by atoms with Crippen molar-refractivity contribution >= 4 is 34.4 Å². The number of nitrogens with zero attached hydrogens (tertiary/aromatic N) is 1. The highest BCUT2D eigenvalue weighted by Crippen LogP contribution is 2.34. The standard InChI is InChI=1S/C19H21FIN3O2/c1-3-11(2)23-17(25)8-14-10-22-19(26)16-9-15(18(21)24(14)16)12-5-4-6-13(20)7-12/h4-7,9,11,14H,3,8,10H2,1-2H3,(H,22,26)(H,23,25)/t11-,14+/m0/s1. The number of carbonyl (C=O) groups excluding carboxylic acids is 2. The number of halogens is 2. The van der Waals surface area contributed by atoms with Crippen molar-refractivity contribution in [2.45, 2.75) is 38.8 Å². The summed E-state index contributed by atoms with van der Waals surface area (Å²) >= 11 is 2.17. The zero-order valence-corrected chi connectivity index (χ0v) is 16.8. The van der Waals surface area contributed by atoms with Crippen LogP contribution in [0.4, 0.5) is 4.39 Å². The summed E-state index contributed by atoms with van der Waals surface area (Å²) in [5.74, 6) is -0.538. The lowest BCUT2D eigenvalue weighted by Gasteiger charge is -2.27. The summed E-state index contributed by atoms with van der Waals surface area (Å²) in [5.41, 5.74) is 2.01. The highest BCUT2D eigenvalue weighted by Gasteiger charge is 2.30. The van der Waals surface area contributed by atoms with E-state index in [4.69, 9.17) is 0 Å². The van der Waals surface area contributed by atoms with Crippen LogP contribution in [0, 0.1) is 9.52 Å². The van der Waals surface area contributed by atoms with Crippen molar-refractivity contribution in [3.63, 3.8) is 0 Å². The summed E-state index contributed by atoms with van der Waals surface area (Å²) in [4.78, 5) is 24.6. The third-order valence-electron chi connectivity index (χ3n) is 4.65. The van der Waals surface area contributed by atoms with Crippen molar-refractivity contribution in [1.82, 2.24) is 15.2 Å². The number of fused-ring (bicyclic) bond motifs is 1. The van der Waals surface area contributed by atoms with Crippen molar-refractivity contribution in [1.29, 1.82) is 0 Å². The van der Waals surface area contributed by atoms with Gasteiger partial charge in [0.15, 0.2) is 0 Å². The number of nitrogens with one attached hydrogen (secondary N) is 2. The molecule has 7 heteroatoms. The first-order valence-corrected chi connectivity index (χ1v) is 9.72. The molecule has 2 amide bonds. The van der Waals surface area contributed by atoms with Gasteiger partial charge in [0.2, 0.25) is 5.91 Å². The van der Waals surface area contributed by atoms with E-state index in [-0.39, 0.29) is 36.1 Å². The topological polar surface area (TPSA) is 63.1 Å². The molecule has 0 aliphatic carbocycles. The molecule has 2 N–H and O–H groups in total. The maximum absolute atomic E-state index is 13.6. The van der Waals surface area contributed by atoms with Gasteiger partial charge in [-0.2, -0.15) is 0 Å². The first-order valence-electron chi connectivity index (χ1n) is 8.65. The fraction of sp³-hybridized carbons (Fsp3) is 0.368. The Morgan fingerprint density at radius 3 is 2.92 bits per heavy atom. The molecule has 2 atom stereocenters. The summed E-state index contributed by atoms with van der Waals surface area (Å²) in [6, 6.07) is 8.02. The number of amides is 2. The van der Waals surface area contributed by atoms with Crippen molar-refractivity contribution in [2.24, 2.45) is 0 Å². The molecule has 0 bridgehead atoms. The average molecular weight is 469 g/mol. The Balaban J connectivity index is 1.94. The molecular weight excluding hydrogens is 448 g/mol. The Morgan fingerprint density at radius 1 is 1.46 bits per heavy atom. The average Bonchev–Trinajstić information content (AvgIpc) is 2.96. The van der Waals surface area contributed by atoms with Gasteiger partial charge in [-0.05, 0) is 59.7 Å². The van der Waals surface area contributed by atoms with Crippen LogP contribution in [-0.2, 0) is 4.79 Å². The van der Waals surface area contributed by atoms with E-state index in [1.54, 1.807) is 12.1 Å². The Bertz CT molecular complexity index is 849. The predicted octanol–water partition coefficient (Wildman–Crippen LogP) is 3.49. The zero-order chi connectivity index (χ0) is 18.8. The second-order valence-corrected chi connectivity index (χ2v) is 7.58. The van der Waals surface area contributed by atoms with Crippen LogP contribution >= 0.6 is 22.6 Å². The van der Waals surface area contributed by atoms with Crippen LogP contribution < -0.4 is 10.6 Å². The molecule has 2 heterocycles. The number of aromatic nitrogens is 1. The Labute approximate surface area is 165 Å². The summed E-state index contributed by atoms with van der Waals surface area (Å²) in [7, 11) is 0. The van der Waals surface area contributed by atoms with Crippen molar-refractivity contribution in [3.05, 3.63) is 45.5 Å². The summed E-state index contributed by atoms with van der Waals surface area (Å²) in [6.45, 7) is 4.38. The van der Waals surface area contributed by atoms with Gasteiger partial charge in [-0.1, -0.05) is 19.1 Å². The molecule has 0 fully saturated rings. The second-order valence-electron chi connectivity index (χ2n) is 6.56. The van der Waals surface area contributed by atoms with Crippen molar-refractivity contribution in [3.8, 4) is 11.1 Å². The molecule has 0 saturated carbocycles. The van der Waals surface area contributed by atoms with Crippen LogP contribution in [0.2, 0.25) is 0 Å². The van der Waals surface area contributed by atoms with Gasteiger partial charge in [-0.15, -0.1) is 0 Å². The number of hydrogen-bond acceptors (Lipinski definition) is 2. The smallest absolute Gasteiger partial charge is 0.268 e. The largest absolute Gasteiger partial charge is 0.354 e. The summed E-state index contributed by atoms with van der Waals surface area (Å²) in [5, 5.41) is 5.81. The van der Waals surface area contributed by atoms with E-state index in [1.165, 1.54) is 12.1 Å². The van der Waals surface area contributed by atoms with E-state index in [1.807, 2.05) is 24.5 Å². The molecule has 0 radical (unpaired) electrons. The Kier molecular flexibility index (Phi) is 5.64. The van der Waals surface area contributed by atoms with Crippen LogP contribution in [0.5, 0.6) is 0 Å². The number of rotatable bonds is 5. The first-order chi connectivity index (χ1) is 12.4. The molecule has 138 valence electrons. The molecule has 3 rings (SSSR count). The fourth-order valence-electron chi connectivity index (χ4n) is 3.10. The summed E-state index contributed by atoms with van der Waals surface area (Å²) in [6.07, 6.45) is 1.15. The minimum absolute atomic E-state index is 0.0387. The minimum Gasteiger partial charge on any atom is -0.354 e. The number of benzene rings is 1. The van der Waals surface area contributed by atoms with Crippen LogP contribution in [0.15, 0.2) is 30.3 Å². The number of hydrogen-bond donors (Lipinski definition) is 2. The lowest BCUT2D eigenvalue weighted by atomic mass is 10.1. The van der Waals surface area contributed by atoms with Gasteiger partial charge >= 0.3 is 0 Å². The summed E-state index contributed by atoms with van der Waals surface area (Å²) < 4.78 is 16.3. The first kappa shape index (κ1) is 18.9. The van der Waals surface area contributed by atoms with E-state index >= 15 is 0 Å².